The number of aromatic nitrogens is 1. The van der Waals surface area contributed by atoms with Gasteiger partial charge in [-0.3, -0.25) is 9.98 Å². The minimum atomic E-state index is 0. The number of nitrogens with zero attached hydrogens (tertiary/aromatic N) is 2. The molecule has 0 radical (unpaired) electrons. The lowest BCUT2D eigenvalue weighted by molar-refractivity contribution is 0.359. The Morgan fingerprint density at radius 2 is 1.75 bits per heavy atom. The third kappa shape index (κ3) is 7.29. The molecule has 1 heterocycles. The van der Waals surface area contributed by atoms with E-state index >= 15 is 0 Å². The Morgan fingerprint density at radius 1 is 1.04 bits per heavy atom. The van der Waals surface area contributed by atoms with Crippen LogP contribution in [0.3, 0.4) is 0 Å². The van der Waals surface area contributed by atoms with Crippen LogP contribution < -0.4 is 10.6 Å². The number of rotatable bonds is 6. The molecular weight excluding hydrogens is 411 g/mol. The molecule has 0 bridgehead atoms. The predicted molar refractivity (Wildman–Crippen MR) is 112 cm³/mol. The van der Waals surface area contributed by atoms with Gasteiger partial charge >= 0.3 is 0 Å². The zero-order valence-electron chi connectivity index (χ0n) is 14.6. The van der Waals surface area contributed by atoms with Gasteiger partial charge in [0.15, 0.2) is 5.96 Å². The Balaban J connectivity index is 0.00000288. The summed E-state index contributed by atoms with van der Waals surface area (Å²) in [5.74, 6) is 0.803. The topological polar surface area (TPSA) is 49.3 Å². The summed E-state index contributed by atoms with van der Waals surface area (Å²) >= 11 is 0. The predicted octanol–water partition coefficient (Wildman–Crippen LogP) is 3.63. The lowest BCUT2D eigenvalue weighted by atomic mass is 9.86. The summed E-state index contributed by atoms with van der Waals surface area (Å²) in [5.41, 5.74) is 2.50. The van der Waals surface area contributed by atoms with Crippen LogP contribution in [0.25, 0.3) is 0 Å². The SMILES string of the molecule is CN=C(NCc1ccccn1)NCC(C)(C)Cc1ccccc1.I. The molecule has 0 spiro atoms. The maximum atomic E-state index is 4.30. The second-order valence-corrected chi connectivity index (χ2v) is 6.43. The van der Waals surface area contributed by atoms with E-state index in [9.17, 15) is 0 Å². The van der Waals surface area contributed by atoms with Gasteiger partial charge in [0, 0.05) is 19.8 Å². The van der Waals surface area contributed by atoms with E-state index in [0.717, 1.165) is 24.6 Å². The Kier molecular flexibility index (Phi) is 8.74. The van der Waals surface area contributed by atoms with E-state index in [4.69, 9.17) is 0 Å². The Morgan fingerprint density at radius 3 is 2.38 bits per heavy atom. The molecule has 4 nitrogen and oxygen atoms in total. The molecule has 0 fully saturated rings. The monoisotopic (exact) mass is 438 g/mol. The fourth-order valence-electron chi connectivity index (χ4n) is 2.43. The van der Waals surface area contributed by atoms with Crippen molar-refractivity contribution in [3.63, 3.8) is 0 Å². The average molecular weight is 438 g/mol. The average Bonchev–Trinajstić information content (AvgIpc) is 2.56. The summed E-state index contributed by atoms with van der Waals surface area (Å²) in [6, 6.07) is 16.5. The molecule has 1 aromatic heterocycles. The normalized spacial score (nSPS) is 11.5. The van der Waals surface area contributed by atoms with Gasteiger partial charge in [-0.15, -0.1) is 24.0 Å². The van der Waals surface area contributed by atoms with Crippen LogP contribution in [-0.2, 0) is 13.0 Å². The smallest absolute Gasteiger partial charge is 0.191 e. The summed E-state index contributed by atoms with van der Waals surface area (Å²) < 4.78 is 0. The van der Waals surface area contributed by atoms with Crippen LogP contribution >= 0.6 is 24.0 Å². The molecule has 0 saturated carbocycles. The zero-order chi connectivity index (χ0) is 16.5. The lowest BCUT2D eigenvalue weighted by Crippen LogP contribution is -2.42. The van der Waals surface area contributed by atoms with Crippen molar-refractivity contribution in [1.29, 1.82) is 0 Å². The Hall–Kier alpha value is -1.63. The molecule has 0 amide bonds. The first-order valence-electron chi connectivity index (χ1n) is 7.97. The van der Waals surface area contributed by atoms with E-state index in [2.05, 4.69) is 64.8 Å². The largest absolute Gasteiger partial charge is 0.356 e. The highest BCUT2D eigenvalue weighted by molar-refractivity contribution is 14.0. The van der Waals surface area contributed by atoms with E-state index < -0.39 is 0 Å². The molecule has 5 heteroatoms. The van der Waals surface area contributed by atoms with E-state index in [1.807, 2.05) is 18.2 Å². The van der Waals surface area contributed by atoms with Gasteiger partial charge in [-0.25, -0.2) is 0 Å². The van der Waals surface area contributed by atoms with Gasteiger partial charge in [-0.1, -0.05) is 50.2 Å². The highest BCUT2D eigenvalue weighted by Crippen LogP contribution is 2.20. The van der Waals surface area contributed by atoms with Crippen LogP contribution in [0.1, 0.15) is 25.1 Å². The van der Waals surface area contributed by atoms with Crippen LogP contribution in [0.15, 0.2) is 59.7 Å². The van der Waals surface area contributed by atoms with E-state index in [1.54, 1.807) is 13.2 Å². The standard InChI is InChI=1S/C19H26N4.HI/c1-19(2,13-16-9-5-4-6-10-16)15-23-18(20-3)22-14-17-11-7-8-12-21-17;/h4-12H,13-15H2,1-3H3,(H2,20,22,23);1H. The molecule has 0 aliphatic carbocycles. The fourth-order valence-corrected chi connectivity index (χ4v) is 2.43. The van der Waals surface area contributed by atoms with Crippen molar-refractivity contribution in [3.8, 4) is 0 Å². The summed E-state index contributed by atoms with van der Waals surface area (Å²) in [7, 11) is 1.79. The van der Waals surface area contributed by atoms with Crippen LogP contribution in [0.4, 0.5) is 0 Å². The third-order valence-corrected chi connectivity index (χ3v) is 3.65. The summed E-state index contributed by atoms with van der Waals surface area (Å²) in [6.45, 7) is 6.04. The number of nitrogens with one attached hydrogen (secondary N) is 2. The maximum Gasteiger partial charge on any atom is 0.191 e. The van der Waals surface area contributed by atoms with E-state index in [1.165, 1.54) is 5.56 Å². The van der Waals surface area contributed by atoms with Crippen molar-refractivity contribution in [3.05, 3.63) is 66.0 Å². The van der Waals surface area contributed by atoms with E-state index in [0.29, 0.717) is 6.54 Å². The van der Waals surface area contributed by atoms with Crippen molar-refractivity contribution >= 4 is 29.9 Å². The second kappa shape index (κ2) is 10.3. The number of halogens is 1. The number of pyridine rings is 1. The van der Waals surface area contributed by atoms with Crippen molar-refractivity contribution in [2.24, 2.45) is 10.4 Å². The third-order valence-electron chi connectivity index (χ3n) is 3.65. The summed E-state index contributed by atoms with van der Waals surface area (Å²) in [4.78, 5) is 8.58. The molecule has 130 valence electrons. The molecular formula is C19H27IN4. The van der Waals surface area contributed by atoms with Gasteiger partial charge in [-0.2, -0.15) is 0 Å². The first-order chi connectivity index (χ1) is 11.1. The number of hydrogen-bond acceptors (Lipinski definition) is 2. The highest BCUT2D eigenvalue weighted by atomic mass is 127. The molecule has 2 N–H and O–H groups in total. The van der Waals surface area contributed by atoms with Crippen molar-refractivity contribution in [2.75, 3.05) is 13.6 Å². The van der Waals surface area contributed by atoms with Gasteiger partial charge in [0.2, 0.25) is 0 Å². The second-order valence-electron chi connectivity index (χ2n) is 6.43. The Labute approximate surface area is 162 Å². The van der Waals surface area contributed by atoms with Crippen LogP contribution in [0, 0.1) is 5.41 Å². The molecule has 1 aromatic carbocycles. The minimum absolute atomic E-state index is 0. The van der Waals surface area contributed by atoms with Gasteiger partial charge in [0.05, 0.1) is 12.2 Å². The fraction of sp³-hybridized carbons (Fsp3) is 0.368. The van der Waals surface area contributed by atoms with Gasteiger partial charge in [0.1, 0.15) is 0 Å². The minimum Gasteiger partial charge on any atom is -0.356 e. The molecule has 2 aromatic rings. The molecule has 0 aliphatic rings. The highest BCUT2D eigenvalue weighted by Gasteiger charge is 2.18. The molecule has 0 atom stereocenters. The molecule has 0 aliphatic heterocycles. The maximum absolute atomic E-state index is 4.30. The quantitative estimate of drug-likeness (QED) is 0.412. The molecule has 2 rings (SSSR count). The number of hydrogen-bond donors (Lipinski definition) is 2. The Bertz CT molecular complexity index is 612. The van der Waals surface area contributed by atoms with Crippen molar-refractivity contribution in [1.82, 2.24) is 15.6 Å². The van der Waals surface area contributed by atoms with E-state index in [-0.39, 0.29) is 29.4 Å². The zero-order valence-corrected chi connectivity index (χ0v) is 17.0. The summed E-state index contributed by atoms with van der Waals surface area (Å²) in [5, 5.41) is 6.71. The van der Waals surface area contributed by atoms with Crippen LogP contribution in [0.5, 0.6) is 0 Å². The summed E-state index contributed by atoms with van der Waals surface area (Å²) in [6.07, 6.45) is 2.83. The molecule has 24 heavy (non-hydrogen) atoms. The molecule has 0 saturated heterocycles. The first kappa shape index (κ1) is 20.4. The number of guanidine groups is 1. The molecule has 0 unspecified atom stereocenters. The first-order valence-corrected chi connectivity index (χ1v) is 7.97. The van der Waals surface area contributed by atoms with Gasteiger partial charge in [0.25, 0.3) is 0 Å². The van der Waals surface area contributed by atoms with Gasteiger partial charge < -0.3 is 10.6 Å². The van der Waals surface area contributed by atoms with Crippen LogP contribution in [0.2, 0.25) is 0 Å². The van der Waals surface area contributed by atoms with Crippen molar-refractivity contribution < 1.29 is 0 Å². The van der Waals surface area contributed by atoms with Gasteiger partial charge in [-0.05, 0) is 29.5 Å². The lowest BCUT2D eigenvalue weighted by Gasteiger charge is -2.26. The number of benzene rings is 1. The van der Waals surface area contributed by atoms with Crippen LogP contribution in [-0.4, -0.2) is 24.5 Å². The number of aliphatic imine (C=N–C) groups is 1. The van der Waals surface area contributed by atoms with Crippen molar-refractivity contribution in [2.45, 2.75) is 26.8 Å².